The first-order chi connectivity index (χ1) is 15.0. The van der Waals surface area contributed by atoms with Gasteiger partial charge in [-0.05, 0) is 41.5 Å². The molecule has 1 atom stereocenters. The molecule has 32 heavy (non-hydrogen) atoms. The number of rotatable bonds is 4. The normalized spacial score (nSPS) is 12.8. The third kappa shape index (κ3) is 5.34. The van der Waals surface area contributed by atoms with Crippen LogP contribution >= 0.6 is 0 Å². The molecule has 0 radical (unpaired) electrons. The Balaban J connectivity index is 2.05. The van der Waals surface area contributed by atoms with Crippen molar-refractivity contribution in [1.82, 2.24) is 10.3 Å². The molecular weight excluding hydrogens is 443 g/mol. The highest BCUT2D eigenvalue weighted by atomic mass is 19.4. The summed E-state index contributed by atoms with van der Waals surface area (Å²) in [7, 11) is 0. The topological polar surface area (TPSA) is 54.0 Å². The predicted octanol–water partition coefficient (Wildman–Crippen LogP) is 6.17. The van der Waals surface area contributed by atoms with Gasteiger partial charge in [-0.2, -0.15) is 26.3 Å². The van der Waals surface area contributed by atoms with Crippen molar-refractivity contribution in [2.45, 2.75) is 18.4 Å². The number of hydrogen-bond donors (Lipinski definition) is 2. The Hall–Kier alpha value is -3.63. The molecule has 0 aliphatic carbocycles. The fourth-order valence-electron chi connectivity index (χ4n) is 3.02. The van der Waals surface area contributed by atoms with Gasteiger partial charge in [0.1, 0.15) is 5.82 Å². The summed E-state index contributed by atoms with van der Waals surface area (Å²) in [5, 5.41) is 4.62. The molecule has 0 bridgehead atoms. The van der Waals surface area contributed by atoms with E-state index in [1.165, 1.54) is 30.6 Å². The van der Waals surface area contributed by atoms with Crippen LogP contribution in [0.5, 0.6) is 0 Å². The van der Waals surface area contributed by atoms with Crippen molar-refractivity contribution in [2.75, 3.05) is 5.32 Å². The Kier molecular flexibility index (Phi) is 6.37. The second kappa shape index (κ2) is 8.85. The average Bonchev–Trinajstić information content (AvgIpc) is 2.71. The van der Waals surface area contributed by atoms with Crippen molar-refractivity contribution < 1.29 is 35.5 Å². The maximum absolute atomic E-state index is 14.2. The summed E-state index contributed by atoms with van der Waals surface area (Å²) in [5.74, 6) is -1.68. The van der Waals surface area contributed by atoms with Gasteiger partial charge in [-0.3, -0.25) is 4.98 Å². The van der Waals surface area contributed by atoms with Crippen LogP contribution in [0.1, 0.15) is 28.3 Å². The number of anilines is 1. The third-order valence-electron chi connectivity index (χ3n) is 4.40. The molecule has 1 aromatic heterocycles. The summed E-state index contributed by atoms with van der Waals surface area (Å²) >= 11 is 0. The number of alkyl halides is 6. The molecule has 0 saturated carbocycles. The summed E-state index contributed by atoms with van der Waals surface area (Å²) in [4.78, 5) is 16.2. The molecule has 0 aliphatic heterocycles. The van der Waals surface area contributed by atoms with Gasteiger partial charge in [0, 0.05) is 6.20 Å². The van der Waals surface area contributed by atoms with E-state index in [2.05, 4.69) is 15.6 Å². The summed E-state index contributed by atoms with van der Waals surface area (Å²) in [6, 6.07) is 6.23. The lowest BCUT2D eigenvalue weighted by Crippen LogP contribution is -2.34. The lowest BCUT2D eigenvalue weighted by atomic mass is 9.93. The van der Waals surface area contributed by atoms with Crippen molar-refractivity contribution in [1.29, 1.82) is 0 Å². The molecule has 168 valence electrons. The Bertz CT molecular complexity index is 1100. The zero-order valence-corrected chi connectivity index (χ0v) is 15.9. The van der Waals surface area contributed by atoms with E-state index < -0.39 is 46.9 Å². The van der Waals surface area contributed by atoms with Crippen LogP contribution in [-0.4, -0.2) is 11.0 Å². The number of aromatic nitrogens is 1. The molecule has 3 aromatic rings. The van der Waals surface area contributed by atoms with Gasteiger partial charge in [0.05, 0.1) is 29.1 Å². The number of halogens is 7. The molecule has 4 nitrogen and oxygen atoms in total. The number of carbonyl (C=O) groups excluding carboxylic acids is 1. The largest absolute Gasteiger partial charge is 0.419 e. The monoisotopic (exact) mass is 457 g/mol. The maximum atomic E-state index is 14.2. The quantitative estimate of drug-likeness (QED) is 0.461. The molecule has 0 saturated heterocycles. The lowest BCUT2D eigenvalue weighted by Gasteiger charge is -2.24. The zero-order chi connectivity index (χ0) is 23.5. The molecule has 3 rings (SSSR count). The van der Waals surface area contributed by atoms with Crippen molar-refractivity contribution in [3.63, 3.8) is 0 Å². The standard InChI is InChI=1S/C21H14F7N3O/c22-17-10-12(7-8-16(17)21(26,27)28)18(14-5-1-2-6-15(14)20(23,24)25)31-19(32)30-13-4-3-9-29-11-13/h1-11,18H,(H2,30,31,32). The molecule has 0 spiro atoms. The van der Waals surface area contributed by atoms with Crippen LogP contribution in [0, 0.1) is 5.82 Å². The number of hydrogen-bond acceptors (Lipinski definition) is 2. The second-order valence-corrected chi connectivity index (χ2v) is 6.60. The molecule has 2 aromatic carbocycles. The highest BCUT2D eigenvalue weighted by Crippen LogP contribution is 2.38. The van der Waals surface area contributed by atoms with Crippen LogP contribution in [0.4, 0.5) is 41.2 Å². The van der Waals surface area contributed by atoms with Crippen molar-refractivity contribution >= 4 is 11.7 Å². The van der Waals surface area contributed by atoms with Gasteiger partial charge in [-0.15, -0.1) is 0 Å². The van der Waals surface area contributed by atoms with E-state index in [1.807, 2.05) is 0 Å². The molecule has 1 heterocycles. The van der Waals surface area contributed by atoms with Crippen molar-refractivity contribution in [2.24, 2.45) is 0 Å². The SMILES string of the molecule is O=C(Nc1cccnc1)NC(c1ccc(C(F)(F)F)c(F)c1)c1ccccc1C(F)(F)F. The molecule has 1 unspecified atom stereocenters. The Morgan fingerprint density at radius 3 is 2.16 bits per heavy atom. The van der Waals surface area contributed by atoms with Crippen LogP contribution < -0.4 is 10.6 Å². The van der Waals surface area contributed by atoms with Gasteiger partial charge >= 0.3 is 18.4 Å². The highest BCUT2D eigenvalue weighted by Gasteiger charge is 2.37. The van der Waals surface area contributed by atoms with Crippen LogP contribution in [0.15, 0.2) is 67.0 Å². The van der Waals surface area contributed by atoms with Gasteiger partial charge in [0.2, 0.25) is 0 Å². The van der Waals surface area contributed by atoms with E-state index in [4.69, 9.17) is 0 Å². The number of carbonyl (C=O) groups is 1. The van der Waals surface area contributed by atoms with Crippen LogP contribution in [0.25, 0.3) is 0 Å². The lowest BCUT2D eigenvalue weighted by molar-refractivity contribution is -0.140. The van der Waals surface area contributed by atoms with Crippen LogP contribution in [0.2, 0.25) is 0 Å². The first-order valence-corrected chi connectivity index (χ1v) is 8.97. The number of amides is 2. The van der Waals surface area contributed by atoms with Gasteiger partial charge in [0.15, 0.2) is 0 Å². The van der Waals surface area contributed by atoms with Crippen molar-refractivity contribution in [3.05, 3.63) is 95.1 Å². The average molecular weight is 457 g/mol. The number of urea groups is 1. The van der Waals surface area contributed by atoms with Gasteiger partial charge < -0.3 is 10.6 Å². The van der Waals surface area contributed by atoms with E-state index in [0.717, 1.165) is 24.3 Å². The minimum absolute atomic E-state index is 0.214. The molecule has 2 amide bonds. The maximum Gasteiger partial charge on any atom is 0.419 e. The van der Waals surface area contributed by atoms with E-state index in [-0.39, 0.29) is 11.3 Å². The minimum Gasteiger partial charge on any atom is -0.327 e. The van der Waals surface area contributed by atoms with Crippen LogP contribution in [0.3, 0.4) is 0 Å². The number of pyridine rings is 1. The molecule has 2 N–H and O–H groups in total. The minimum atomic E-state index is -4.99. The van der Waals surface area contributed by atoms with Crippen LogP contribution in [-0.2, 0) is 12.4 Å². The predicted molar refractivity (Wildman–Crippen MR) is 101 cm³/mol. The van der Waals surface area contributed by atoms with Crippen molar-refractivity contribution in [3.8, 4) is 0 Å². The second-order valence-electron chi connectivity index (χ2n) is 6.60. The first kappa shape index (κ1) is 23.0. The summed E-state index contributed by atoms with van der Waals surface area (Å²) in [5.41, 5.74) is -3.28. The number of nitrogens with one attached hydrogen (secondary N) is 2. The molecule has 0 aliphatic rings. The van der Waals surface area contributed by atoms with Gasteiger partial charge in [-0.25, -0.2) is 9.18 Å². The highest BCUT2D eigenvalue weighted by molar-refractivity contribution is 5.89. The zero-order valence-electron chi connectivity index (χ0n) is 15.9. The molecule has 0 fully saturated rings. The summed E-state index contributed by atoms with van der Waals surface area (Å²) in [6.07, 6.45) is -7.12. The summed E-state index contributed by atoms with van der Waals surface area (Å²) in [6.45, 7) is 0. The third-order valence-corrected chi connectivity index (χ3v) is 4.40. The fraction of sp³-hybridized carbons (Fsp3) is 0.143. The van der Waals surface area contributed by atoms with E-state index in [1.54, 1.807) is 0 Å². The Labute approximate surface area is 177 Å². The fourth-order valence-corrected chi connectivity index (χ4v) is 3.02. The van der Waals surface area contributed by atoms with Gasteiger partial charge in [0.25, 0.3) is 0 Å². The Morgan fingerprint density at radius 2 is 1.56 bits per heavy atom. The Morgan fingerprint density at radius 1 is 0.875 bits per heavy atom. The summed E-state index contributed by atoms with van der Waals surface area (Å²) < 4.78 is 93.5. The van der Waals surface area contributed by atoms with E-state index in [0.29, 0.717) is 12.1 Å². The van der Waals surface area contributed by atoms with E-state index >= 15 is 0 Å². The van der Waals surface area contributed by atoms with Gasteiger partial charge in [-0.1, -0.05) is 24.3 Å². The molecule has 11 heteroatoms. The first-order valence-electron chi connectivity index (χ1n) is 8.97. The molecular formula is C21H14F7N3O. The smallest absolute Gasteiger partial charge is 0.327 e. The number of benzene rings is 2. The number of nitrogens with zero attached hydrogens (tertiary/aromatic N) is 1. The van der Waals surface area contributed by atoms with E-state index in [9.17, 15) is 35.5 Å².